The van der Waals surface area contributed by atoms with Crippen molar-refractivity contribution in [1.82, 2.24) is 0 Å². The van der Waals surface area contributed by atoms with Crippen LogP contribution in [0.2, 0.25) is 0 Å². The highest BCUT2D eigenvalue weighted by atomic mass is 32.1. The molecule has 4 aromatic heterocycles. The third-order valence-corrected chi connectivity index (χ3v) is 4.26. The Hall–Kier alpha value is -2.04. The van der Waals surface area contributed by atoms with E-state index >= 15 is 0 Å². The van der Waals surface area contributed by atoms with Crippen molar-refractivity contribution in [3.63, 3.8) is 0 Å². The summed E-state index contributed by atoms with van der Waals surface area (Å²) < 4.78 is 9.55. The molecule has 0 unspecified atom stereocenters. The lowest BCUT2D eigenvalue weighted by Gasteiger charge is -1.69. The van der Waals surface area contributed by atoms with Crippen molar-refractivity contribution >= 4 is 22.7 Å². The van der Waals surface area contributed by atoms with Crippen molar-refractivity contribution in [1.29, 1.82) is 0 Å². The molecule has 2 nitrogen and oxygen atoms in total. The standard InChI is InChI=1S/2C5H6O.2C5H6S/c1-5-2-3-6-4-5;1-5-3-2-4-6-5;1-5-2-3-6-4-5;1-5-3-2-4-6-5/h4*2-4H,1H3. The van der Waals surface area contributed by atoms with Crippen LogP contribution < -0.4 is 0 Å². The fourth-order valence-electron chi connectivity index (χ4n) is 1.39. The quantitative estimate of drug-likeness (QED) is 0.329. The summed E-state index contributed by atoms with van der Waals surface area (Å²) in [5, 5.41) is 6.28. The summed E-state index contributed by atoms with van der Waals surface area (Å²) >= 11 is 3.52. The molecule has 4 heteroatoms. The molecule has 0 N–H and O–H groups in total. The molecule has 0 aromatic carbocycles. The second-order valence-corrected chi connectivity index (χ2v) is 6.98. The molecule has 0 aliphatic heterocycles. The second kappa shape index (κ2) is 12.4. The van der Waals surface area contributed by atoms with Gasteiger partial charge in [0.1, 0.15) is 5.76 Å². The molecule has 0 saturated carbocycles. The monoisotopic (exact) mass is 360 g/mol. The van der Waals surface area contributed by atoms with E-state index in [-0.39, 0.29) is 0 Å². The van der Waals surface area contributed by atoms with Gasteiger partial charge in [0.15, 0.2) is 0 Å². The normalized spacial score (nSPS) is 8.83. The van der Waals surface area contributed by atoms with Gasteiger partial charge in [0.05, 0.1) is 18.8 Å². The second-order valence-electron chi connectivity index (χ2n) is 5.05. The van der Waals surface area contributed by atoms with Gasteiger partial charge in [-0.25, -0.2) is 0 Å². The molecule has 128 valence electrons. The lowest BCUT2D eigenvalue weighted by atomic mass is 10.4. The maximum Gasteiger partial charge on any atom is 0.100 e. The summed E-state index contributed by atoms with van der Waals surface area (Å²) in [6.45, 7) is 8.10. The van der Waals surface area contributed by atoms with E-state index in [4.69, 9.17) is 8.83 Å². The molecule has 0 fully saturated rings. The minimum absolute atomic E-state index is 0.968. The Labute approximate surface area is 152 Å². The van der Waals surface area contributed by atoms with E-state index < -0.39 is 0 Å². The van der Waals surface area contributed by atoms with Crippen molar-refractivity contribution in [3.05, 3.63) is 93.1 Å². The van der Waals surface area contributed by atoms with Crippen molar-refractivity contribution in [2.75, 3.05) is 0 Å². The molecule has 0 aliphatic carbocycles. The zero-order chi connectivity index (χ0) is 17.6. The summed E-state index contributed by atoms with van der Waals surface area (Å²) in [6, 6.07) is 12.0. The van der Waals surface area contributed by atoms with Crippen LogP contribution in [0.3, 0.4) is 0 Å². The van der Waals surface area contributed by atoms with Crippen LogP contribution in [0, 0.1) is 27.7 Å². The molecule has 4 rings (SSSR count). The predicted molar refractivity (Wildman–Crippen MR) is 105 cm³/mol. The number of aryl methyl sites for hydroxylation is 4. The predicted octanol–water partition coefficient (Wildman–Crippen LogP) is 7.29. The molecule has 0 amide bonds. The minimum atomic E-state index is 0.968. The average molecular weight is 361 g/mol. The zero-order valence-electron chi connectivity index (χ0n) is 14.6. The molecule has 24 heavy (non-hydrogen) atoms. The zero-order valence-corrected chi connectivity index (χ0v) is 16.2. The molecule has 0 aliphatic rings. The van der Waals surface area contributed by atoms with Crippen LogP contribution in [-0.2, 0) is 0 Å². The van der Waals surface area contributed by atoms with Gasteiger partial charge in [0.25, 0.3) is 0 Å². The molecule has 0 radical (unpaired) electrons. The van der Waals surface area contributed by atoms with E-state index in [1.807, 2.05) is 32.0 Å². The van der Waals surface area contributed by atoms with E-state index in [1.165, 1.54) is 16.0 Å². The molecule has 4 heterocycles. The highest BCUT2D eigenvalue weighted by molar-refractivity contribution is 7.09. The Morgan fingerprint density at radius 1 is 0.792 bits per heavy atom. The van der Waals surface area contributed by atoms with Crippen LogP contribution in [0.15, 0.2) is 80.2 Å². The first-order chi connectivity index (χ1) is 11.6. The first-order valence-electron chi connectivity index (χ1n) is 7.55. The molecular formula is C20H24O2S2. The molecule has 0 spiro atoms. The van der Waals surface area contributed by atoms with Gasteiger partial charge in [-0.2, -0.15) is 11.3 Å². The third-order valence-electron chi connectivity index (χ3n) is 2.65. The van der Waals surface area contributed by atoms with Crippen molar-refractivity contribution in [2.45, 2.75) is 27.7 Å². The fraction of sp³-hybridized carbons (Fsp3) is 0.200. The van der Waals surface area contributed by atoms with Crippen LogP contribution in [0.5, 0.6) is 0 Å². The smallest absolute Gasteiger partial charge is 0.100 e. The molecule has 4 aromatic rings. The maximum atomic E-state index is 4.83. The molecule has 0 atom stereocenters. The number of thiophene rings is 2. The van der Waals surface area contributed by atoms with Crippen LogP contribution in [0.1, 0.15) is 21.8 Å². The number of furan rings is 2. The van der Waals surface area contributed by atoms with Gasteiger partial charge in [0, 0.05) is 4.88 Å². The summed E-state index contributed by atoms with van der Waals surface area (Å²) in [4.78, 5) is 1.38. The van der Waals surface area contributed by atoms with Gasteiger partial charge in [0.2, 0.25) is 0 Å². The third kappa shape index (κ3) is 10.6. The van der Waals surface area contributed by atoms with Gasteiger partial charge in [-0.05, 0) is 85.3 Å². The lowest BCUT2D eigenvalue weighted by molar-refractivity contribution is 0.534. The lowest BCUT2D eigenvalue weighted by Crippen LogP contribution is -1.48. The first kappa shape index (κ1) is 20.0. The Bertz CT molecular complexity index is 563. The molecule has 0 bridgehead atoms. The van der Waals surface area contributed by atoms with Crippen LogP contribution >= 0.6 is 22.7 Å². The SMILES string of the molecule is Cc1ccco1.Cc1cccs1.Cc1ccoc1.Cc1ccsc1. The fourth-order valence-corrected chi connectivity index (χ4v) is 2.58. The molecular weight excluding hydrogens is 336 g/mol. The summed E-state index contributed by atoms with van der Waals surface area (Å²) in [6.07, 6.45) is 5.03. The van der Waals surface area contributed by atoms with Crippen molar-refractivity contribution < 1.29 is 8.83 Å². The van der Waals surface area contributed by atoms with Gasteiger partial charge in [-0.15, -0.1) is 11.3 Å². The number of hydrogen-bond acceptors (Lipinski definition) is 4. The Balaban J connectivity index is 0.000000160. The summed E-state index contributed by atoms with van der Waals surface area (Å²) in [5.41, 5.74) is 2.54. The average Bonchev–Trinajstić information content (AvgIpc) is 3.31. The maximum absolute atomic E-state index is 4.83. The Kier molecular flexibility index (Phi) is 10.3. The Morgan fingerprint density at radius 3 is 1.79 bits per heavy atom. The van der Waals surface area contributed by atoms with Gasteiger partial charge in [-0.1, -0.05) is 6.07 Å². The van der Waals surface area contributed by atoms with Gasteiger partial charge in [-0.3, -0.25) is 0 Å². The molecule has 0 saturated heterocycles. The number of hydrogen-bond donors (Lipinski definition) is 0. The van der Waals surface area contributed by atoms with Crippen molar-refractivity contribution in [3.8, 4) is 0 Å². The van der Waals surface area contributed by atoms with E-state index in [2.05, 4.69) is 48.2 Å². The minimum Gasteiger partial charge on any atom is -0.472 e. The summed E-state index contributed by atoms with van der Waals surface area (Å²) in [5.74, 6) is 0.968. The number of rotatable bonds is 0. The van der Waals surface area contributed by atoms with Crippen LogP contribution in [-0.4, -0.2) is 0 Å². The van der Waals surface area contributed by atoms with Crippen molar-refractivity contribution in [2.24, 2.45) is 0 Å². The Morgan fingerprint density at radius 2 is 1.62 bits per heavy atom. The highest BCUT2D eigenvalue weighted by Crippen LogP contribution is 2.03. The van der Waals surface area contributed by atoms with Gasteiger partial charge >= 0.3 is 0 Å². The largest absolute Gasteiger partial charge is 0.472 e. The highest BCUT2D eigenvalue weighted by Gasteiger charge is 1.77. The van der Waals surface area contributed by atoms with E-state index in [9.17, 15) is 0 Å². The summed E-state index contributed by atoms with van der Waals surface area (Å²) in [7, 11) is 0. The van der Waals surface area contributed by atoms with Crippen LogP contribution in [0.25, 0.3) is 0 Å². The van der Waals surface area contributed by atoms with E-state index in [0.29, 0.717) is 0 Å². The van der Waals surface area contributed by atoms with Gasteiger partial charge < -0.3 is 8.83 Å². The van der Waals surface area contributed by atoms with E-state index in [0.717, 1.165) is 5.76 Å². The van der Waals surface area contributed by atoms with E-state index in [1.54, 1.807) is 41.5 Å². The van der Waals surface area contributed by atoms with Crippen LogP contribution in [0.4, 0.5) is 0 Å². The first-order valence-corrected chi connectivity index (χ1v) is 9.38. The topological polar surface area (TPSA) is 26.3 Å².